The average Bonchev–Trinajstić information content (AvgIpc) is 3.19. The van der Waals surface area contributed by atoms with Gasteiger partial charge in [-0.2, -0.15) is 0 Å². The van der Waals surface area contributed by atoms with Crippen LogP contribution in [0.1, 0.15) is 12.2 Å². The maximum absolute atomic E-state index is 12.1. The Morgan fingerprint density at radius 3 is 2.45 bits per heavy atom. The molecule has 0 spiro atoms. The van der Waals surface area contributed by atoms with Gasteiger partial charge in [0.1, 0.15) is 17.3 Å². The van der Waals surface area contributed by atoms with Gasteiger partial charge in [-0.1, -0.05) is 41.9 Å². The quantitative estimate of drug-likeness (QED) is 0.321. The minimum absolute atomic E-state index is 0.0114. The Morgan fingerprint density at radius 1 is 0.909 bits per heavy atom. The molecule has 0 atom stereocenters. The Kier molecular flexibility index (Phi) is 7.82. The SMILES string of the molecule is O=C(COc1ccccc1)NCCc1nc2ccccc2n1CCCOc1ccc(Cl)cc1. The van der Waals surface area contributed by atoms with Gasteiger partial charge in [0, 0.05) is 24.5 Å². The van der Waals surface area contributed by atoms with E-state index in [2.05, 4.69) is 16.0 Å². The Bertz CT molecular complexity index is 1180. The summed E-state index contributed by atoms with van der Waals surface area (Å²) >= 11 is 5.92. The van der Waals surface area contributed by atoms with Gasteiger partial charge < -0.3 is 19.4 Å². The molecule has 0 saturated heterocycles. The van der Waals surface area contributed by atoms with E-state index < -0.39 is 0 Å². The minimum Gasteiger partial charge on any atom is -0.494 e. The van der Waals surface area contributed by atoms with Crippen LogP contribution in [-0.4, -0.2) is 35.2 Å². The van der Waals surface area contributed by atoms with Crippen LogP contribution in [0.25, 0.3) is 11.0 Å². The van der Waals surface area contributed by atoms with E-state index in [4.69, 9.17) is 26.1 Å². The minimum atomic E-state index is -0.155. The summed E-state index contributed by atoms with van der Waals surface area (Å²) in [5.41, 5.74) is 2.03. The second kappa shape index (κ2) is 11.4. The highest BCUT2D eigenvalue weighted by Gasteiger charge is 2.11. The molecule has 0 unspecified atom stereocenters. The number of carbonyl (C=O) groups is 1. The molecular formula is C26H26ClN3O3. The van der Waals surface area contributed by atoms with Crippen molar-refractivity contribution in [3.63, 3.8) is 0 Å². The van der Waals surface area contributed by atoms with E-state index in [-0.39, 0.29) is 12.5 Å². The highest BCUT2D eigenvalue weighted by atomic mass is 35.5. The van der Waals surface area contributed by atoms with Crippen LogP contribution in [0.4, 0.5) is 0 Å². The zero-order chi connectivity index (χ0) is 22.9. The number of nitrogens with zero attached hydrogens (tertiary/aromatic N) is 2. The van der Waals surface area contributed by atoms with Gasteiger partial charge in [-0.15, -0.1) is 0 Å². The summed E-state index contributed by atoms with van der Waals surface area (Å²) < 4.78 is 13.5. The van der Waals surface area contributed by atoms with Gasteiger partial charge in [-0.25, -0.2) is 4.98 Å². The maximum Gasteiger partial charge on any atom is 0.257 e. The summed E-state index contributed by atoms with van der Waals surface area (Å²) in [6.45, 7) is 1.83. The van der Waals surface area contributed by atoms with Crippen LogP contribution in [0, 0.1) is 0 Å². The largest absolute Gasteiger partial charge is 0.494 e. The summed E-state index contributed by atoms with van der Waals surface area (Å²) in [5, 5.41) is 3.60. The topological polar surface area (TPSA) is 65.4 Å². The van der Waals surface area contributed by atoms with Crippen molar-refractivity contribution in [3.05, 3.63) is 89.7 Å². The molecule has 4 rings (SSSR count). The number of carbonyl (C=O) groups excluding carboxylic acids is 1. The van der Waals surface area contributed by atoms with Gasteiger partial charge in [0.25, 0.3) is 5.91 Å². The highest BCUT2D eigenvalue weighted by Crippen LogP contribution is 2.18. The Balaban J connectivity index is 1.29. The molecule has 1 aromatic heterocycles. The van der Waals surface area contributed by atoms with Crippen LogP contribution in [0.5, 0.6) is 11.5 Å². The van der Waals surface area contributed by atoms with E-state index in [0.717, 1.165) is 35.6 Å². The number of aryl methyl sites for hydroxylation is 1. The fraction of sp³-hybridized carbons (Fsp3) is 0.231. The van der Waals surface area contributed by atoms with Gasteiger partial charge in [0.2, 0.25) is 0 Å². The van der Waals surface area contributed by atoms with Crippen LogP contribution in [0.3, 0.4) is 0 Å². The van der Waals surface area contributed by atoms with Crippen LogP contribution in [0.2, 0.25) is 5.02 Å². The normalized spacial score (nSPS) is 10.8. The molecule has 33 heavy (non-hydrogen) atoms. The lowest BCUT2D eigenvalue weighted by Gasteiger charge is -2.11. The molecular weight excluding hydrogens is 438 g/mol. The smallest absolute Gasteiger partial charge is 0.257 e. The lowest BCUT2D eigenvalue weighted by molar-refractivity contribution is -0.123. The van der Waals surface area contributed by atoms with Gasteiger partial charge in [-0.05, 0) is 55.0 Å². The molecule has 3 aromatic carbocycles. The molecule has 0 aliphatic heterocycles. The van der Waals surface area contributed by atoms with Crippen molar-refractivity contribution < 1.29 is 14.3 Å². The third-order valence-electron chi connectivity index (χ3n) is 5.13. The number of rotatable bonds is 11. The van der Waals surface area contributed by atoms with Crippen molar-refractivity contribution in [3.8, 4) is 11.5 Å². The van der Waals surface area contributed by atoms with Gasteiger partial charge in [0.15, 0.2) is 6.61 Å². The Hall–Kier alpha value is -3.51. The van der Waals surface area contributed by atoms with Crippen molar-refractivity contribution in [2.45, 2.75) is 19.4 Å². The molecule has 0 aliphatic carbocycles. The van der Waals surface area contributed by atoms with Gasteiger partial charge in [-0.3, -0.25) is 4.79 Å². The molecule has 170 valence electrons. The number of ether oxygens (including phenoxy) is 2. The first-order valence-electron chi connectivity index (χ1n) is 11.0. The lowest BCUT2D eigenvalue weighted by atomic mass is 10.3. The van der Waals surface area contributed by atoms with Crippen molar-refractivity contribution in [1.29, 1.82) is 0 Å². The number of hydrogen-bond donors (Lipinski definition) is 1. The van der Waals surface area contributed by atoms with Crippen LogP contribution in [-0.2, 0) is 17.8 Å². The number of amides is 1. The fourth-order valence-electron chi connectivity index (χ4n) is 3.54. The van der Waals surface area contributed by atoms with E-state index in [1.165, 1.54) is 0 Å². The molecule has 0 bridgehead atoms. The molecule has 7 heteroatoms. The maximum atomic E-state index is 12.1. The lowest BCUT2D eigenvalue weighted by Crippen LogP contribution is -2.31. The first kappa shape index (κ1) is 22.7. The van der Waals surface area contributed by atoms with Crippen LogP contribution in [0.15, 0.2) is 78.9 Å². The molecule has 6 nitrogen and oxygen atoms in total. The molecule has 0 aliphatic rings. The molecule has 1 N–H and O–H groups in total. The second-order valence-electron chi connectivity index (χ2n) is 7.53. The summed E-state index contributed by atoms with van der Waals surface area (Å²) in [7, 11) is 0. The molecule has 1 heterocycles. The van der Waals surface area contributed by atoms with Crippen molar-refractivity contribution in [2.24, 2.45) is 0 Å². The second-order valence-corrected chi connectivity index (χ2v) is 7.96. The molecule has 1 amide bonds. The third kappa shape index (κ3) is 6.49. The van der Waals surface area contributed by atoms with Crippen molar-refractivity contribution >= 4 is 28.5 Å². The van der Waals surface area contributed by atoms with Gasteiger partial charge >= 0.3 is 0 Å². The van der Waals surface area contributed by atoms with E-state index in [0.29, 0.717) is 30.3 Å². The van der Waals surface area contributed by atoms with Gasteiger partial charge in [0.05, 0.1) is 17.6 Å². The summed E-state index contributed by atoms with van der Waals surface area (Å²) in [5.74, 6) is 2.26. The highest BCUT2D eigenvalue weighted by molar-refractivity contribution is 6.30. The number of imidazole rings is 1. The zero-order valence-corrected chi connectivity index (χ0v) is 19.0. The number of aromatic nitrogens is 2. The Labute approximate surface area is 198 Å². The van der Waals surface area contributed by atoms with Crippen LogP contribution >= 0.6 is 11.6 Å². The molecule has 4 aromatic rings. The standard InChI is InChI=1S/C26H26ClN3O3/c27-20-11-13-22(14-12-20)32-18-6-17-30-24-10-5-4-9-23(24)29-25(30)15-16-28-26(31)19-33-21-7-2-1-3-8-21/h1-5,7-14H,6,15-19H2,(H,28,31). The number of halogens is 1. The number of nitrogens with one attached hydrogen (secondary N) is 1. The molecule has 0 saturated carbocycles. The molecule has 0 fully saturated rings. The predicted octanol–water partition coefficient (Wildman–Crippen LogP) is 4.90. The first-order valence-corrected chi connectivity index (χ1v) is 11.3. The predicted molar refractivity (Wildman–Crippen MR) is 130 cm³/mol. The van der Waals surface area contributed by atoms with E-state index in [1.807, 2.05) is 72.8 Å². The van der Waals surface area contributed by atoms with Crippen LogP contribution < -0.4 is 14.8 Å². The number of benzene rings is 3. The average molecular weight is 464 g/mol. The summed E-state index contributed by atoms with van der Waals surface area (Å²) in [6, 6.07) is 24.7. The summed E-state index contributed by atoms with van der Waals surface area (Å²) in [6.07, 6.45) is 1.46. The van der Waals surface area contributed by atoms with Crippen molar-refractivity contribution in [1.82, 2.24) is 14.9 Å². The number of para-hydroxylation sites is 3. The summed E-state index contributed by atoms with van der Waals surface area (Å²) in [4.78, 5) is 16.9. The first-order chi connectivity index (χ1) is 16.2. The third-order valence-corrected chi connectivity index (χ3v) is 5.38. The van der Waals surface area contributed by atoms with Crippen molar-refractivity contribution in [2.75, 3.05) is 19.8 Å². The Morgan fingerprint density at radius 2 is 1.64 bits per heavy atom. The van der Waals surface area contributed by atoms with E-state index in [9.17, 15) is 4.79 Å². The van der Waals surface area contributed by atoms with E-state index >= 15 is 0 Å². The van der Waals surface area contributed by atoms with E-state index in [1.54, 1.807) is 0 Å². The fourth-order valence-corrected chi connectivity index (χ4v) is 3.67. The molecule has 0 radical (unpaired) electrons. The monoisotopic (exact) mass is 463 g/mol. The zero-order valence-electron chi connectivity index (χ0n) is 18.2. The number of hydrogen-bond acceptors (Lipinski definition) is 4. The number of fused-ring (bicyclic) bond motifs is 1.